The van der Waals surface area contributed by atoms with Gasteiger partial charge in [0.25, 0.3) is 11.6 Å². The molecule has 0 aliphatic carbocycles. The number of non-ortho nitro benzene ring substituents is 1. The van der Waals surface area contributed by atoms with Crippen molar-refractivity contribution in [2.75, 3.05) is 37.6 Å². The minimum Gasteiger partial charge on any atom is -0.371 e. The van der Waals surface area contributed by atoms with E-state index in [-0.39, 0.29) is 17.1 Å². The van der Waals surface area contributed by atoms with Crippen molar-refractivity contribution in [1.82, 2.24) is 10.2 Å². The normalized spacial score (nSPS) is 19.2. The van der Waals surface area contributed by atoms with Crippen LogP contribution in [-0.2, 0) is 0 Å². The summed E-state index contributed by atoms with van der Waals surface area (Å²) in [4.78, 5) is 28.6. The van der Waals surface area contributed by atoms with E-state index < -0.39 is 4.92 Å². The monoisotopic (exact) mass is 402 g/mol. The summed E-state index contributed by atoms with van der Waals surface area (Å²) in [6.07, 6.45) is 5.80. The predicted octanol–water partition coefficient (Wildman–Crippen LogP) is 3.83. The summed E-state index contributed by atoms with van der Waals surface area (Å²) in [5, 5.41) is 14.3. The van der Waals surface area contributed by atoms with Crippen LogP contribution in [0.4, 0.5) is 11.4 Å². The number of piperidine rings is 2. The first-order valence-corrected chi connectivity index (χ1v) is 10.8. The lowest BCUT2D eigenvalue weighted by Crippen LogP contribution is -2.53. The predicted molar refractivity (Wildman–Crippen MR) is 116 cm³/mol. The van der Waals surface area contributed by atoms with Gasteiger partial charge in [-0.3, -0.25) is 19.8 Å². The third-order valence-corrected chi connectivity index (χ3v) is 6.45. The Hall–Kier alpha value is -2.15. The van der Waals surface area contributed by atoms with E-state index in [2.05, 4.69) is 35.9 Å². The van der Waals surface area contributed by atoms with Crippen molar-refractivity contribution in [3.63, 3.8) is 0 Å². The van der Waals surface area contributed by atoms with Crippen LogP contribution in [-0.4, -0.2) is 54.0 Å². The average Bonchev–Trinajstić information content (AvgIpc) is 2.73. The van der Waals surface area contributed by atoms with E-state index in [9.17, 15) is 14.9 Å². The average molecular weight is 403 g/mol. The number of amides is 1. The molecular weight excluding hydrogens is 368 g/mol. The van der Waals surface area contributed by atoms with Gasteiger partial charge in [0.15, 0.2) is 0 Å². The van der Waals surface area contributed by atoms with Gasteiger partial charge in [-0.05, 0) is 64.6 Å². The third-order valence-electron chi connectivity index (χ3n) is 6.45. The van der Waals surface area contributed by atoms with Gasteiger partial charge in [-0.15, -0.1) is 0 Å². The number of nitrogens with one attached hydrogen (secondary N) is 1. The Morgan fingerprint density at radius 3 is 2.45 bits per heavy atom. The van der Waals surface area contributed by atoms with Crippen LogP contribution in [0, 0.1) is 16.0 Å². The Morgan fingerprint density at radius 2 is 1.83 bits per heavy atom. The lowest BCUT2D eigenvalue weighted by Gasteiger charge is -2.41. The Morgan fingerprint density at radius 1 is 1.17 bits per heavy atom. The van der Waals surface area contributed by atoms with Crippen LogP contribution in [0.3, 0.4) is 0 Å². The van der Waals surface area contributed by atoms with E-state index in [0.29, 0.717) is 18.0 Å². The number of hydrogen-bond donors (Lipinski definition) is 1. The largest absolute Gasteiger partial charge is 0.371 e. The van der Waals surface area contributed by atoms with E-state index in [1.165, 1.54) is 31.4 Å². The zero-order chi connectivity index (χ0) is 21.0. The van der Waals surface area contributed by atoms with Crippen LogP contribution in [0.5, 0.6) is 0 Å². The summed E-state index contributed by atoms with van der Waals surface area (Å²) in [5.41, 5.74) is 1.02. The third kappa shape index (κ3) is 5.26. The molecule has 160 valence electrons. The second-order valence-electron chi connectivity index (χ2n) is 9.17. The number of hydrogen-bond acceptors (Lipinski definition) is 5. The summed E-state index contributed by atoms with van der Waals surface area (Å²) in [5.74, 6) is 0.444. The Labute approximate surface area is 173 Å². The molecule has 0 bridgehead atoms. The standard InChI is InChI=1S/C22H34N4O3/c1-17-9-13-24(14-10-17)20-8-7-18(26(28)29)15-19(20)21(27)23-16-22(2,3)25-11-5-4-6-12-25/h7-8,15,17H,4-6,9-14,16H2,1-3H3,(H,23,27). The Bertz CT molecular complexity index is 736. The van der Waals surface area contributed by atoms with Gasteiger partial charge in [-0.25, -0.2) is 0 Å². The molecule has 0 spiro atoms. The van der Waals surface area contributed by atoms with E-state index in [0.717, 1.165) is 44.7 Å². The molecule has 2 saturated heterocycles. The molecule has 2 aliphatic heterocycles. The van der Waals surface area contributed by atoms with Gasteiger partial charge < -0.3 is 10.2 Å². The Kier molecular flexibility index (Phi) is 6.77. The zero-order valence-corrected chi connectivity index (χ0v) is 17.9. The molecule has 0 atom stereocenters. The topological polar surface area (TPSA) is 78.7 Å². The van der Waals surface area contributed by atoms with Gasteiger partial charge in [0.2, 0.25) is 0 Å². The molecule has 1 N–H and O–H groups in total. The second kappa shape index (κ2) is 9.11. The van der Waals surface area contributed by atoms with Crippen molar-refractivity contribution in [2.24, 2.45) is 5.92 Å². The van der Waals surface area contributed by atoms with Crippen LogP contribution >= 0.6 is 0 Å². The molecular formula is C22H34N4O3. The summed E-state index contributed by atoms with van der Waals surface area (Å²) < 4.78 is 0. The lowest BCUT2D eigenvalue weighted by molar-refractivity contribution is -0.384. The summed E-state index contributed by atoms with van der Waals surface area (Å²) in [6.45, 7) is 10.9. The molecule has 2 heterocycles. The van der Waals surface area contributed by atoms with Gasteiger partial charge in [0.1, 0.15) is 0 Å². The molecule has 7 heteroatoms. The maximum atomic E-state index is 13.1. The van der Waals surface area contributed by atoms with Crippen molar-refractivity contribution in [3.8, 4) is 0 Å². The second-order valence-corrected chi connectivity index (χ2v) is 9.17. The summed E-state index contributed by atoms with van der Waals surface area (Å²) in [6, 6.07) is 4.66. The van der Waals surface area contributed by atoms with Crippen LogP contribution < -0.4 is 10.2 Å². The maximum Gasteiger partial charge on any atom is 0.270 e. The highest BCUT2D eigenvalue weighted by Crippen LogP contribution is 2.29. The number of anilines is 1. The smallest absolute Gasteiger partial charge is 0.270 e. The number of carbonyl (C=O) groups is 1. The van der Waals surface area contributed by atoms with E-state index in [1.54, 1.807) is 6.07 Å². The molecule has 1 amide bonds. The number of benzene rings is 1. The number of rotatable bonds is 6. The lowest BCUT2D eigenvalue weighted by atomic mass is 9.97. The molecule has 7 nitrogen and oxygen atoms in total. The van der Waals surface area contributed by atoms with Gasteiger partial charge in [-0.1, -0.05) is 13.3 Å². The number of nitrogens with zero attached hydrogens (tertiary/aromatic N) is 3. The summed E-state index contributed by atoms with van der Waals surface area (Å²) >= 11 is 0. The highest BCUT2D eigenvalue weighted by Gasteiger charge is 2.29. The molecule has 0 aromatic heterocycles. The highest BCUT2D eigenvalue weighted by atomic mass is 16.6. The van der Waals surface area contributed by atoms with E-state index in [4.69, 9.17) is 0 Å². The van der Waals surface area contributed by atoms with Crippen molar-refractivity contribution >= 4 is 17.3 Å². The van der Waals surface area contributed by atoms with Crippen LogP contribution in [0.1, 0.15) is 63.2 Å². The molecule has 3 rings (SSSR count). The van der Waals surface area contributed by atoms with Gasteiger partial charge in [0.05, 0.1) is 16.2 Å². The van der Waals surface area contributed by atoms with Crippen LogP contribution in [0.25, 0.3) is 0 Å². The fraction of sp³-hybridized carbons (Fsp3) is 0.682. The first-order valence-electron chi connectivity index (χ1n) is 10.8. The van der Waals surface area contributed by atoms with E-state index >= 15 is 0 Å². The number of nitro groups is 1. The first-order chi connectivity index (χ1) is 13.8. The first kappa shape index (κ1) is 21.6. The SMILES string of the molecule is CC1CCN(c2ccc([N+](=O)[O-])cc2C(=O)NCC(C)(C)N2CCCCC2)CC1. The fourth-order valence-corrected chi connectivity index (χ4v) is 4.35. The highest BCUT2D eigenvalue weighted by molar-refractivity contribution is 6.00. The minimum absolute atomic E-state index is 0.0421. The Balaban J connectivity index is 1.76. The van der Waals surface area contributed by atoms with E-state index in [1.807, 2.05) is 0 Å². The van der Waals surface area contributed by atoms with Crippen molar-refractivity contribution < 1.29 is 9.72 Å². The summed E-state index contributed by atoms with van der Waals surface area (Å²) in [7, 11) is 0. The molecule has 0 saturated carbocycles. The molecule has 0 radical (unpaired) electrons. The van der Waals surface area contributed by atoms with Gasteiger partial charge in [0, 0.05) is 37.3 Å². The number of nitro benzene ring substituents is 1. The number of likely N-dealkylation sites (tertiary alicyclic amines) is 1. The maximum absolute atomic E-state index is 13.1. The van der Waals surface area contributed by atoms with Gasteiger partial charge in [-0.2, -0.15) is 0 Å². The van der Waals surface area contributed by atoms with Crippen molar-refractivity contribution in [1.29, 1.82) is 0 Å². The molecule has 2 aliphatic rings. The van der Waals surface area contributed by atoms with Crippen molar-refractivity contribution in [2.45, 2.75) is 58.4 Å². The van der Waals surface area contributed by atoms with Gasteiger partial charge >= 0.3 is 0 Å². The zero-order valence-electron chi connectivity index (χ0n) is 17.9. The minimum atomic E-state index is -0.434. The van der Waals surface area contributed by atoms with Crippen LogP contribution in [0.15, 0.2) is 18.2 Å². The fourth-order valence-electron chi connectivity index (χ4n) is 4.35. The number of carbonyl (C=O) groups excluding carboxylic acids is 1. The van der Waals surface area contributed by atoms with Crippen LogP contribution in [0.2, 0.25) is 0 Å². The molecule has 2 fully saturated rings. The molecule has 1 aromatic rings. The molecule has 29 heavy (non-hydrogen) atoms. The molecule has 0 unspecified atom stereocenters. The quantitative estimate of drug-likeness (QED) is 0.578. The van der Waals surface area contributed by atoms with Crippen molar-refractivity contribution in [3.05, 3.63) is 33.9 Å². The molecule has 1 aromatic carbocycles.